The molecular formula is C18H25FN4S. The molecule has 0 aliphatic carbocycles. The van der Waals surface area contributed by atoms with Crippen molar-refractivity contribution in [2.75, 3.05) is 20.6 Å². The lowest BCUT2D eigenvalue weighted by molar-refractivity contribution is 0.475. The summed E-state index contributed by atoms with van der Waals surface area (Å²) >= 11 is 1.72. The Morgan fingerprint density at radius 1 is 1.42 bits per heavy atom. The van der Waals surface area contributed by atoms with Crippen molar-refractivity contribution in [1.29, 1.82) is 0 Å². The molecule has 1 N–H and O–H groups in total. The van der Waals surface area contributed by atoms with Gasteiger partial charge in [-0.15, -0.1) is 11.3 Å². The molecule has 0 fully saturated rings. The highest BCUT2D eigenvalue weighted by Gasteiger charge is 2.09. The van der Waals surface area contributed by atoms with E-state index in [1.807, 2.05) is 18.0 Å². The van der Waals surface area contributed by atoms with Gasteiger partial charge >= 0.3 is 0 Å². The van der Waals surface area contributed by atoms with Gasteiger partial charge in [0.25, 0.3) is 0 Å². The van der Waals surface area contributed by atoms with E-state index in [2.05, 4.69) is 34.5 Å². The smallest absolute Gasteiger partial charge is 0.193 e. The third kappa shape index (κ3) is 5.30. The van der Waals surface area contributed by atoms with Crippen molar-refractivity contribution in [3.8, 4) is 0 Å². The molecule has 24 heavy (non-hydrogen) atoms. The number of rotatable bonds is 6. The van der Waals surface area contributed by atoms with Crippen molar-refractivity contribution in [2.24, 2.45) is 4.99 Å². The minimum absolute atomic E-state index is 0.215. The van der Waals surface area contributed by atoms with E-state index in [4.69, 9.17) is 0 Å². The van der Waals surface area contributed by atoms with Crippen LogP contribution in [-0.4, -0.2) is 36.5 Å². The Kier molecular flexibility index (Phi) is 6.73. The van der Waals surface area contributed by atoms with E-state index >= 15 is 0 Å². The Morgan fingerprint density at radius 3 is 2.83 bits per heavy atom. The maximum atomic E-state index is 13.3. The summed E-state index contributed by atoms with van der Waals surface area (Å²) in [5.74, 6) is 1.05. The zero-order valence-corrected chi connectivity index (χ0v) is 15.5. The fraction of sp³-hybridized carbons (Fsp3) is 0.444. The van der Waals surface area contributed by atoms with Crippen LogP contribution < -0.4 is 5.32 Å². The fourth-order valence-corrected chi connectivity index (χ4v) is 3.24. The molecule has 2 rings (SSSR count). The lowest BCUT2D eigenvalue weighted by atomic mass is 10.2. The first-order valence-electron chi connectivity index (χ1n) is 8.10. The predicted molar refractivity (Wildman–Crippen MR) is 99.1 cm³/mol. The van der Waals surface area contributed by atoms with Crippen LogP contribution >= 0.6 is 11.3 Å². The van der Waals surface area contributed by atoms with Crippen LogP contribution in [0.3, 0.4) is 0 Å². The van der Waals surface area contributed by atoms with E-state index in [9.17, 15) is 4.39 Å². The molecule has 0 amide bonds. The summed E-state index contributed by atoms with van der Waals surface area (Å²) < 4.78 is 13.3. The lowest BCUT2D eigenvalue weighted by Crippen LogP contribution is -2.39. The van der Waals surface area contributed by atoms with Gasteiger partial charge in [0.05, 0.1) is 10.7 Å². The standard InChI is InChI=1S/C18H25FN4S/c1-13(2)17-22-16(12-24-17)8-9-21-18(20-3)23(4)11-14-6-5-7-15(19)10-14/h5-7,10,12-13H,8-9,11H2,1-4H3,(H,20,21). The molecule has 6 heteroatoms. The van der Waals surface area contributed by atoms with Crippen LogP contribution in [0.25, 0.3) is 0 Å². The monoisotopic (exact) mass is 348 g/mol. The summed E-state index contributed by atoms with van der Waals surface area (Å²) in [7, 11) is 3.70. The van der Waals surface area contributed by atoms with E-state index in [0.717, 1.165) is 30.2 Å². The topological polar surface area (TPSA) is 40.5 Å². The molecule has 0 saturated carbocycles. The molecule has 0 bridgehead atoms. The van der Waals surface area contributed by atoms with Crippen molar-refractivity contribution in [1.82, 2.24) is 15.2 Å². The van der Waals surface area contributed by atoms with E-state index in [1.165, 1.54) is 11.1 Å². The molecule has 130 valence electrons. The van der Waals surface area contributed by atoms with E-state index < -0.39 is 0 Å². The second-order valence-corrected chi connectivity index (χ2v) is 6.93. The highest BCUT2D eigenvalue weighted by Crippen LogP contribution is 2.19. The van der Waals surface area contributed by atoms with Crippen LogP contribution in [0.5, 0.6) is 0 Å². The van der Waals surface area contributed by atoms with E-state index in [1.54, 1.807) is 30.5 Å². The summed E-state index contributed by atoms with van der Waals surface area (Å²) in [6.45, 7) is 5.68. The minimum atomic E-state index is -0.215. The number of aliphatic imine (C=N–C) groups is 1. The lowest BCUT2D eigenvalue weighted by Gasteiger charge is -2.22. The fourth-order valence-electron chi connectivity index (χ4n) is 2.37. The number of guanidine groups is 1. The number of nitrogens with zero attached hydrogens (tertiary/aromatic N) is 3. The summed E-state index contributed by atoms with van der Waals surface area (Å²) in [6.07, 6.45) is 0.857. The van der Waals surface area contributed by atoms with Gasteiger partial charge in [-0.1, -0.05) is 26.0 Å². The van der Waals surface area contributed by atoms with Gasteiger partial charge in [-0.2, -0.15) is 0 Å². The predicted octanol–water partition coefficient (Wildman–Crippen LogP) is 3.66. The molecule has 0 aliphatic heterocycles. The second kappa shape index (κ2) is 8.78. The summed E-state index contributed by atoms with van der Waals surface area (Å²) in [4.78, 5) is 10.9. The first-order valence-corrected chi connectivity index (χ1v) is 8.98. The molecule has 1 aromatic carbocycles. The van der Waals surface area contributed by atoms with Crippen molar-refractivity contribution < 1.29 is 4.39 Å². The molecule has 2 aromatic rings. The van der Waals surface area contributed by atoms with Crippen LogP contribution in [0.2, 0.25) is 0 Å². The Morgan fingerprint density at radius 2 is 2.21 bits per heavy atom. The molecule has 0 unspecified atom stereocenters. The van der Waals surface area contributed by atoms with Crippen LogP contribution in [0.1, 0.15) is 36.0 Å². The van der Waals surface area contributed by atoms with Gasteiger partial charge in [-0.25, -0.2) is 9.37 Å². The average Bonchev–Trinajstić information content (AvgIpc) is 3.00. The molecule has 0 radical (unpaired) electrons. The van der Waals surface area contributed by atoms with Crippen molar-refractivity contribution in [3.05, 3.63) is 51.7 Å². The Hall–Kier alpha value is -1.95. The van der Waals surface area contributed by atoms with Crippen LogP contribution in [0, 0.1) is 5.82 Å². The normalized spacial score (nSPS) is 11.8. The summed E-state index contributed by atoms with van der Waals surface area (Å²) in [5.41, 5.74) is 2.03. The quantitative estimate of drug-likeness (QED) is 0.640. The maximum Gasteiger partial charge on any atom is 0.193 e. The number of nitrogens with one attached hydrogen (secondary N) is 1. The SMILES string of the molecule is CN=C(NCCc1csc(C(C)C)n1)N(C)Cc1cccc(F)c1. The highest BCUT2D eigenvalue weighted by molar-refractivity contribution is 7.09. The number of thiazole rings is 1. The summed E-state index contributed by atoms with van der Waals surface area (Å²) in [6, 6.07) is 6.64. The highest BCUT2D eigenvalue weighted by atomic mass is 32.1. The second-order valence-electron chi connectivity index (χ2n) is 6.04. The van der Waals surface area contributed by atoms with Gasteiger partial charge in [0, 0.05) is 44.9 Å². The molecule has 0 aliphatic rings. The first kappa shape index (κ1) is 18.4. The van der Waals surface area contributed by atoms with Gasteiger partial charge in [-0.05, 0) is 17.7 Å². The number of halogens is 1. The molecule has 4 nitrogen and oxygen atoms in total. The van der Waals surface area contributed by atoms with Gasteiger partial charge in [0.2, 0.25) is 0 Å². The maximum absolute atomic E-state index is 13.3. The number of aromatic nitrogens is 1. The molecule has 0 saturated heterocycles. The van der Waals surface area contributed by atoms with Crippen LogP contribution in [0.4, 0.5) is 4.39 Å². The van der Waals surface area contributed by atoms with Crippen molar-refractivity contribution in [2.45, 2.75) is 32.7 Å². The van der Waals surface area contributed by atoms with Crippen LogP contribution in [0.15, 0.2) is 34.6 Å². The Bertz CT molecular complexity index is 681. The third-order valence-electron chi connectivity index (χ3n) is 3.61. The molecular weight excluding hydrogens is 323 g/mol. The zero-order chi connectivity index (χ0) is 17.5. The van der Waals surface area contributed by atoms with Crippen LogP contribution in [-0.2, 0) is 13.0 Å². The zero-order valence-electron chi connectivity index (χ0n) is 14.7. The Labute approximate surface area is 147 Å². The number of hydrogen-bond donors (Lipinski definition) is 1. The van der Waals surface area contributed by atoms with E-state index in [0.29, 0.717) is 12.5 Å². The molecule has 0 atom stereocenters. The van der Waals surface area contributed by atoms with Gasteiger partial charge in [0.1, 0.15) is 5.82 Å². The number of hydrogen-bond acceptors (Lipinski definition) is 3. The minimum Gasteiger partial charge on any atom is -0.356 e. The molecule has 0 spiro atoms. The van der Waals surface area contributed by atoms with Crippen molar-refractivity contribution >= 4 is 17.3 Å². The number of benzene rings is 1. The van der Waals surface area contributed by atoms with Gasteiger partial charge in [-0.3, -0.25) is 4.99 Å². The first-order chi connectivity index (χ1) is 11.5. The average molecular weight is 348 g/mol. The van der Waals surface area contributed by atoms with E-state index in [-0.39, 0.29) is 5.82 Å². The van der Waals surface area contributed by atoms with Gasteiger partial charge in [0.15, 0.2) is 5.96 Å². The largest absolute Gasteiger partial charge is 0.356 e. The molecule has 1 aromatic heterocycles. The van der Waals surface area contributed by atoms with Crippen molar-refractivity contribution in [3.63, 3.8) is 0 Å². The van der Waals surface area contributed by atoms with Gasteiger partial charge < -0.3 is 10.2 Å². The third-order valence-corrected chi connectivity index (χ3v) is 4.80. The Balaban J connectivity index is 1.85. The summed E-state index contributed by atoms with van der Waals surface area (Å²) in [5, 5.41) is 6.64. The molecule has 1 heterocycles.